The van der Waals surface area contributed by atoms with Crippen LogP contribution < -0.4 is 24.8 Å². The topological polar surface area (TPSA) is 0 Å². The van der Waals surface area contributed by atoms with Gasteiger partial charge >= 0.3 is 52.4 Å². The average molecular weight is 642 g/mol. The molecule has 0 aromatic heterocycles. The zero-order valence-electron chi connectivity index (χ0n) is 19.6. The molecule has 0 bridgehead atoms. The number of hydrogen-bond acceptors (Lipinski definition) is 0. The molecule has 4 aromatic rings. The second-order valence-electron chi connectivity index (χ2n) is 7.21. The van der Waals surface area contributed by atoms with Crippen LogP contribution in [0, 0.1) is 26.0 Å². The fourth-order valence-corrected chi connectivity index (χ4v) is 3.33. The summed E-state index contributed by atoms with van der Waals surface area (Å²) >= 11 is 0. The first kappa shape index (κ1) is 35.1. The minimum absolute atomic E-state index is 0. The van der Waals surface area contributed by atoms with Crippen molar-refractivity contribution in [3.63, 3.8) is 0 Å². The summed E-state index contributed by atoms with van der Waals surface area (Å²) in [5, 5.41) is 5.45. The van der Waals surface area contributed by atoms with Crippen LogP contribution in [0.2, 0.25) is 0 Å². The molecule has 0 spiro atoms. The summed E-state index contributed by atoms with van der Waals surface area (Å²) in [6.07, 6.45) is 20.0. The van der Waals surface area contributed by atoms with E-state index in [2.05, 4.69) is 111 Å². The molecule has 0 heterocycles. The molecule has 0 amide bonds. The molecule has 0 saturated heterocycles. The summed E-state index contributed by atoms with van der Waals surface area (Å²) in [6.45, 7) is 4.28. The first-order chi connectivity index (χ1) is 14.8. The smallest absolute Gasteiger partial charge is 1.00 e. The van der Waals surface area contributed by atoms with Crippen molar-refractivity contribution in [3.8, 4) is 0 Å². The fourth-order valence-electron chi connectivity index (χ4n) is 3.33. The van der Waals surface area contributed by atoms with E-state index < -0.39 is 0 Å². The molecule has 0 nitrogen and oxygen atoms in total. The summed E-state index contributed by atoms with van der Waals surface area (Å²) in [4.78, 5) is 0. The zero-order chi connectivity index (χ0) is 21.0. The molecular weight excluding hydrogens is 614 g/mol. The summed E-state index contributed by atoms with van der Waals surface area (Å²) in [6, 6.07) is 25.5. The Balaban J connectivity index is 0. The predicted molar refractivity (Wildman–Crippen MR) is 132 cm³/mol. The third-order valence-electron chi connectivity index (χ3n) is 4.96. The van der Waals surface area contributed by atoms with Crippen LogP contribution in [0.15, 0.2) is 109 Å². The Kier molecular flexibility index (Phi) is 20.9. The second kappa shape index (κ2) is 20.2. The Labute approximate surface area is 255 Å². The molecule has 0 N–H and O–H groups in total. The molecule has 0 unspecified atom stereocenters. The van der Waals surface area contributed by atoms with Gasteiger partial charge in [-0.25, -0.2) is 24.3 Å². The Morgan fingerprint density at radius 1 is 0.618 bits per heavy atom. The Bertz CT molecular complexity index is 1060. The number of aryl methyl sites for hydroxylation is 2. The van der Waals surface area contributed by atoms with E-state index in [0.29, 0.717) is 0 Å². The van der Waals surface area contributed by atoms with Crippen LogP contribution in [-0.4, -0.2) is 0 Å². The predicted octanol–water partition coefficient (Wildman–Crippen LogP) is 2.35. The quantitative estimate of drug-likeness (QED) is 0.259. The maximum absolute atomic E-state index is 2.99. The van der Waals surface area contributed by atoms with Crippen molar-refractivity contribution >= 4 is 21.5 Å². The molecule has 4 heteroatoms. The molecule has 0 aliphatic heterocycles. The van der Waals surface area contributed by atoms with Gasteiger partial charge in [-0.1, -0.05) is 23.3 Å². The standard InChI is InChI=1S/2C10H9.2C5H5.2ClH.2Zr/c2*1-8-4-2-5-9-6-3-7-10(8)9;2*1-2-4-5-3-1;;;;/h2*2-7H,1H3;2*1-3H,4H2;2*1H;;/q4*-1;;;2*+2/p-2. The van der Waals surface area contributed by atoms with Crippen LogP contribution in [0.25, 0.3) is 21.5 Å². The van der Waals surface area contributed by atoms with Gasteiger partial charge in [0.15, 0.2) is 0 Å². The fraction of sp³-hybridized carbons (Fsp3) is 0.133. The van der Waals surface area contributed by atoms with Gasteiger partial charge in [-0.2, -0.15) is 36.4 Å². The summed E-state index contributed by atoms with van der Waals surface area (Å²) < 4.78 is 0. The van der Waals surface area contributed by atoms with Gasteiger partial charge in [0, 0.05) is 0 Å². The van der Waals surface area contributed by atoms with Crippen molar-refractivity contribution in [2.75, 3.05) is 0 Å². The number of benzene rings is 2. The normalized spacial score (nSPS) is 11.4. The monoisotopic (exact) mass is 638 g/mol. The molecule has 0 saturated carbocycles. The van der Waals surface area contributed by atoms with Gasteiger partial charge in [-0.3, -0.25) is 12.2 Å². The van der Waals surface area contributed by atoms with Crippen LogP contribution >= 0.6 is 0 Å². The number of allylic oxidation sites excluding steroid dienone is 8. The van der Waals surface area contributed by atoms with Gasteiger partial charge in [0.1, 0.15) is 0 Å². The van der Waals surface area contributed by atoms with E-state index >= 15 is 0 Å². The van der Waals surface area contributed by atoms with Crippen LogP contribution in [0.1, 0.15) is 24.0 Å². The largest absolute Gasteiger partial charge is 2.00 e. The van der Waals surface area contributed by atoms with E-state index in [1.165, 1.54) is 32.7 Å². The minimum atomic E-state index is 0. The van der Waals surface area contributed by atoms with E-state index in [1.54, 1.807) is 0 Å². The van der Waals surface area contributed by atoms with Crippen molar-refractivity contribution in [1.82, 2.24) is 0 Å². The van der Waals surface area contributed by atoms with Crippen molar-refractivity contribution < 1.29 is 77.2 Å². The molecule has 2 aliphatic carbocycles. The molecule has 34 heavy (non-hydrogen) atoms. The molecule has 172 valence electrons. The van der Waals surface area contributed by atoms with Gasteiger partial charge in [-0.15, -0.1) is 70.8 Å². The van der Waals surface area contributed by atoms with E-state index in [9.17, 15) is 0 Å². The van der Waals surface area contributed by atoms with Gasteiger partial charge < -0.3 is 24.8 Å². The number of hydrogen-bond donors (Lipinski definition) is 0. The molecule has 4 aromatic carbocycles. The van der Waals surface area contributed by atoms with E-state index in [4.69, 9.17) is 0 Å². The van der Waals surface area contributed by atoms with Gasteiger partial charge in [0.05, 0.1) is 0 Å². The van der Waals surface area contributed by atoms with Crippen LogP contribution in [0.5, 0.6) is 0 Å². The first-order valence-corrected chi connectivity index (χ1v) is 10.4. The molecule has 2 aliphatic rings. The Morgan fingerprint density at radius 2 is 1.03 bits per heavy atom. The average Bonchev–Trinajstić information content (AvgIpc) is 3.59. The third kappa shape index (κ3) is 11.6. The number of halogens is 2. The van der Waals surface area contributed by atoms with E-state index in [0.717, 1.165) is 12.8 Å². The maximum Gasteiger partial charge on any atom is 2.00 e. The van der Waals surface area contributed by atoms with E-state index in [-0.39, 0.29) is 77.2 Å². The molecule has 0 atom stereocenters. The number of fused-ring (bicyclic) bond motifs is 2. The van der Waals surface area contributed by atoms with Crippen molar-refractivity contribution in [1.29, 1.82) is 0 Å². The van der Waals surface area contributed by atoms with Crippen molar-refractivity contribution in [2.24, 2.45) is 0 Å². The summed E-state index contributed by atoms with van der Waals surface area (Å²) in [5.41, 5.74) is 2.73. The third-order valence-corrected chi connectivity index (χ3v) is 4.96. The van der Waals surface area contributed by atoms with Crippen molar-refractivity contribution in [3.05, 3.63) is 133 Å². The van der Waals surface area contributed by atoms with Crippen LogP contribution in [0.3, 0.4) is 0 Å². The van der Waals surface area contributed by atoms with Gasteiger partial charge in [-0.05, 0) is 13.8 Å². The SMILES string of the molecule is Cc1cccc2[cH-]ccc12.Cc1cccc2[cH-]ccc12.[C-]1=CC=CC1.[C-]1=CC=CC1.[Cl-].[Cl-].[Zr+2].[Zr+2]. The minimum Gasteiger partial charge on any atom is -1.00 e. The first-order valence-electron chi connectivity index (χ1n) is 10.4. The summed E-state index contributed by atoms with van der Waals surface area (Å²) in [5.74, 6) is 0. The van der Waals surface area contributed by atoms with Crippen LogP contribution in [0.4, 0.5) is 0 Å². The molecule has 0 radical (unpaired) electrons. The van der Waals surface area contributed by atoms with E-state index in [1.807, 2.05) is 24.3 Å². The van der Waals surface area contributed by atoms with Crippen molar-refractivity contribution in [2.45, 2.75) is 26.7 Å². The Morgan fingerprint density at radius 3 is 1.29 bits per heavy atom. The Hall–Kier alpha value is -1.03. The molecule has 0 fully saturated rings. The van der Waals surface area contributed by atoms with Gasteiger partial charge in [0.2, 0.25) is 0 Å². The second-order valence-corrected chi connectivity index (χ2v) is 7.21. The van der Waals surface area contributed by atoms with Crippen LogP contribution in [-0.2, 0) is 52.4 Å². The zero-order valence-corrected chi connectivity index (χ0v) is 26.0. The maximum atomic E-state index is 2.99. The number of rotatable bonds is 0. The molecule has 6 rings (SSSR count). The molecular formula is C30H28Cl2Zr2-2. The summed E-state index contributed by atoms with van der Waals surface area (Å²) in [7, 11) is 0. The van der Waals surface area contributed by atoms with Gasteiger partial charge in [0.25, 0.3) is 0 Å².